The summed E-state index contributed by atoms with van der Waals surface area (Å²) in [6.07, 6.45) is 1.76. The summed E-state index contributed by atoms with van der Waals surface area (Å²) in [7, 11) is 0. The van der Waals surface area contributed by atoms with Crippen LogP contribution in [0.15, 0.2) is 66.9 Å². The first-order chi connectivity index (χ1) is 18.0. The Morgan fingerprint density at radius 3 is 2.59 bits per heavy atom. The van der Waals surface area contributed by atoms with Crippen molar-refractivity contribution in [3.8, 4) is 11.3 Å². The Morgan fingerprint density at radius 1 is 0.946 bits per heavy atom. The van der Waals surface area contributed by atoms with E-state index in [2.05, 4.69) is 69.9 Å². The maximum Gasteiger partial charge on any atom is 0.229 e. The van der Waals surface area contributed by atoms with Crippen LogP contribution in [-0.4, -0.2) is 48.9 Å². The molecule has 0 bridgehead atoms. The fraction of sp³-hybridized carbons (Fsp3) is 0.286. The molecule has 5 aromatic rings. The van der Waals surface area contributed by atoms with Crippen LogP contribution in [0.25, 0.3) is 27.8 Å². The molecule has 0 spiro atoms. The van der Waals surface area contributed by atoms with Crippen LogP contribution in [0.1, 0.15) is 37.3 Å². The SMILES string of the molecule is CC(C)c1cnn2c(NCc3ccccc3-c3ccc4ccccc4n3)nc(NCC(O)CCN)nc12. The zero-order valence-corrected chi connectivity index (χ0v) is 21.1. The number of aromatic nitrogens is 5. The highest BCUT2D eigenvalue weighted by Crippen LogP contribution is 2.26. The first-order valence-electron chi connectivity index (χ1n) is 12.6. The molecule has 37 heavy (non-hydrogen) atoms. The molecule has 3 aromatic heterocycles. The van der Waals surface area contributed by atoms with Gasteiger partial charge in [0.05, 0.1) is 23.5 Å². The number of aliphatic hydroxyl groups is 1. The van der Waals surface area contributed by atoms with E-state index in [0.29, 0.717) is 38.0 Å². The van der Waals surface area contributed by atoms with Crippen LogP contribution in [0.5, 0.6) is 0 Å². The van der Waals surface area contributed by atoms with Crippen LogP contribution < -0.4 is 16.4 Å². The molecule has 0 amide bonds. The van der Waals surface area contributed by atoms with Gasteiger partial charge < -0.3 is 21.5 Å². The second kappa shape index (κ2) is 10.9. The third-order valence-electron chi connectivity index (χ3n) is 6.34. The molecule has 1 atom stereocenters. The summed E-state index contributed by atoms with van der Waals surface area (Å²) < 4.78 is 1.73. The number of hydrogen-bond donors (Lipinski definition) is 4. The van der Waals surface area contributed by atoms with E-state index in [1.165, 1.54) is 0 Å². The van der Waals surface area contributed by atoms with Gasteiger partial charge >= 0.3 is 0 Å². The van der Waals surface area contributed by atoms with Crippen LogP contribution in [0.4, 0.5) is 11.9 Å². The van der Waals surface area contributed by atoms with Gasteiger partial charge in [-0.15, -0.1) is 0 Å². The van der Waals surface area contributed by atoms with Crippen LogP contribution in [0.2, 0.25) is 0 Å². The van der Waals surface area contributed by atoms with E-state index < -0.39 is 6.10 Å². The molecule has 9 heteroatoms. The Hall–Kier alpha value is -4.08. The lowest BCUT2D eigenvalue weighted by molar-refractivity contribution is 0.180. The summed E-state index contributed by atoms with van der Waals surface area (Å²) in [5.74, 6) is 1.24. The molecule has 3 heterocycles. The number of para-hydroxylation sites is 1. The predicted molar refractivity (Wildman–Crippen MR) is 148 cm³/mol. The Labute approximate surface area is 215 Å². The summed E-state index contributed by atoms with van der Waals surface area (Å²) in [4.78, 5) is 14.2. The van der Waals surface area contributed by atoms with E-state index in [9.17, 15) is 5.11 Å². The fourth-order valence-corrected chi connectivity index (χ4v) is 4.31. The minimum absolute atomic E-state index is 0.246. The van der Waals surface area contributed by atoms with Crippen molar-refractivity contribution in [3.63, 3.8) is 0 Å². The predicted octanol–water partition coefficient (Wildman–Crippen LogP) is 4.20. The molecular weight excluding hydrogens is 464 g/mol. The third-order valence-corrected chi connectivity index (χ3v) is 6.34. The average Bonchev–Trinajstić information content (AvgIpc) is 3.35. The Bertz CT molecular complexity index is 1510. The van der Waals surface area contributed by atoms with Gasteiger partial charge in [0.15, 0.2) is 5.65 Å². The zero-order valence-electron chi connectivity index (χ0n) is 21.1. The smallest absolute Gasteiger partial charge is 0.229 e. The minimum atomic E-state index is -0.572. The summed E-state index contributed by atoms with van der Waals surface area (Å²) in [5, 5.41) is 22.4. The number of rotatable bonds is 10. The summed E-state index contributed by atoms with van der Waals surface area (Å²) in [6.45, 7) is 5.47. The molecule has 0 aliphatic carbocycles. The molecule has 190 valence electrons. The van der Waals surface area contributed by atoms with Gasteiger partial charge in [-0.3, -0.25) is 0 Å². The number of benzene rings is 2. The van der Waals surface area contributed by atoms with Crippen molar-refractivity contribution in [1.29, 1.82) is 0 Å². The van der Waals surface area contributed by atoms with E-state index in [1.807, 2.05) is 36.5 Å². The van der Waals surface area contributed by atoms with Crippen molar-refractivity contribution in [3.05, 3.63) is 78.0 Å². The first kappa shape index (κ1) is 24.6. The van der Waals surface area contributed by atoms with Crippen LogP contribution >= 0.6 is 0 Å². The monoisotopic (exact) mass is 496 g/mol. The second-order valence-electron chi connectivity index (χ2n) is 9.37. The number of hydrogen-bond acceptors (Lipinski definition) is 8. The normalized spacial score (nSPS) is 12.4. The molecule has 0 aliphatic rings. The molecule has 5 rings (SSSR count). The molecule has 5 N–H and O–H groups in total. The number of nitrogens with one attached hydrogen (secondary N) is 2. The Kier molecular flexibility index (Phi) is 7.25. The Balaban J connectivity index is 1.45. The van der Waals surface area contributed by atoms with Crippen LogP contribution in [0, 0.1) is 0 Å². The molecule has 0 saturated heterocycles. The van der Waals surface area contributed by atoms with Gasteiger partial charge in [-0.2, -0.15) is 19.6 Å². The first-order valence-corrected chi connectivity index (χ1v) is 12.6. The van der Waals surface area contributed by atoms with E-state index in [0.717, 1.165) is 38.9 Å². The quantitative estimate of drug-likeness (QED) is 0.227. The minimum Gasteiger partial charge on any atom is -0.391 e. The van der Waals surface area contributed by atoms with Crippen molar-refractivity contribution in [1.82, 2.24) is 24.6 Å². The van der Waals surface area contributed by atoms with Gasteiger partial charge in [0, 0.05) is 29.6 Å². The van der Waals surface area contributed by atoms with Gasteiger partial charge in [-0.1, -0.05) is 62.4 Å². The lowest BCUT2D eigenvalue weighted by atomic mass is 10.0. The van der Waals surface area contributed by atoms with Crippen LogP contribution in [-0.2, 0) is 6.54 Å². The number of pyridine rings is 1. The van der Waals surface area contributed by atoms with Gasteiger partial charge in [-0.05, 0) is 36.6 Å². The van der Waals surface area contributed by atoms with E-state index >= 15 is 0 Å². The molecular formula is C28H32N8O. The standard InChI is InChI=1S/C28H32N8O/c1-18(2)23-17-32-36-26(23)34-27(30-16-21(37)13-14-29)35-28(36)31-15-20-8-3-5-9-22(20)25-12-11-19-7-4-6-10-24(19)33-25/h3-12,17-18,21,37H,13-16,29H2,1-2H3,(H2,30,31,34,35). The van der Waals surface area contributed by atoms with E-state index in [1.54, 1.807) is 4.52 Å². The number of anilines is 2. The molecule has 0 saturated carbocycles. The molecule has 0 fully saturated rings. The lowest BCUT2D eigenvalue weighted by Gasteiger charge is -2.15. The molecule has 9 nitrogen and oxygen atoms in total. The van der Waals surface area contributed by atoms with Crippen molar-refractivity contribution in [2.24, 2.45) is 5.73 Å². The van der Waals surface area contributed by atoms with Crippen molar-refractivity contribution < 1.29 is 5.11 Å². The zero-order chi connectivity index (χ0) is 25.8. The molecule has 0 radical (unpaired) electrons. The van der Waals surface area contributed by atoms with E-state index in [4.69, 9.17) is 10.7 Å². The number of nitrogens with zero attached hydrogens (tertiary/aromatic N) is 5. The highest BCUT2D eigenvalue weighted by atomic mass is 16.3. The van der Waals surface area contributed by atoms with Crippen molar-refractivity contribution in [2.45, 2.75) is 38.8 Å². The highest BCUT2D eigenvalue weighted by Gasteiger charge is 2.16. The van der Waals surface area contributed by atoms with Crippen molar-refractivity contribution >= 4 is 28.4 Å². The average molecular weight is 497 g/mol. The van der Waals surface area contributed by atoms with Gasteiger partial charge in [-0.25, -0.2) is 4.98 Å². The third kappa shape index (κ3) is 5.37. The maximum atomic E-state index is 10.1. The maximum absolute atomic E-state index is 10.1. The number of fused-ring (bicyclic) bond motifs is 2. The lowest BCUT2D eigenvalue weighted by Crippen LogP contribution is -2.24. The highest BCUT2D eigenvalue weighted by molar-refractivity contribution is 5.82. The largest absolute Gasteiger partial charge is 0.391 e. The van der Waals surface area contributed by atoms with Gasteiger partial charge in [0.25, 0.3) is 0 Å². The second-order valence-corrected chi connectivity index (χ2v) is 9.37. The molecule has 0 aliphatic heterocycles. The topological polar surface area (TPSA) is 126 Å². The van der Waals surface area contributed by atoms with Crippen LogP contribution in [0.3, 0.4) is 0 Å². The Morgan fingerprint density at radius 2 is 1.76 bits per heavy atom. The summed E-state index contributed by atoms with van der Waals surface area (Å²) in [6, 6.07) is 20.5. The van der Waals surface area contributed by atoms with E-state index in [-0.39, 0.29) is 5.92 Å². The fourth-order valence-electron chi connectivity index (χ4n) is 4.31. The van der Waals surface area contributed by atoms with Gasteiger partial charge in [0.1, 0.15) is 0 Å². The van der Waals surface area contributed by atoms with Gasteiger partial charge in [0.2, 0.25) is 11.9 Å². The number of nitrogens with two attached hydrogens (primary N) is 1. The molecule has 2 aromatic carbocycles. The van der Waals surface area contributed by atoms with Crippen molar-refractivity contribution in [2.75, 3.05) is 23.7 Å². The molecule has 1 unspecified atom stereocenters. The summed E-state index contributed by atoms with van der Waals surface area (Å²) >= 11 is 0. The summed E-state index contributed by atoms with van der Waals surface area (Å²) in [5.41, 5.74) is 11.3. The number of aliphatic hydroxyl groups excluding tert-OH is 1.